The van der Waals surface area contributed by atoms with E-state index in [0.29, 0.717) is 47.5 Å². The molecule has 0 saturated carbocycles. The molecule has 0 radical (unpaired) electrons. The summed E-state index contributed by atoms with van der Waals surface area (Å²) in [6.45, 7) is 1.62. The molecular formula is C52H46F4N10O6. The summed E-state index contributed by atoms with van der Waals surface area (Å²) in [5.41, 5.74) is 8.73. The molecule has 0 aliphatic carbocycles. The van der Waals surface area contributed by atoms with Crippen molar-refractivity contribution in [1.29, 1.82) is 0 Å². The molecule has 16 nitrogen and oxygen atoms in total. The van der Waals surface area contributed by atoms with Crippen LogP contribution in [0.3, 0.4) is 0 Å². The normalized spacial score (nSPS) is 15.6. The maximum absolute atomic E-state index is 14.5. The Bertz CT molecular complexity index is 3620. The van der Waals surface area contributed by atoms with Crippen LogP contribution >= 0.6 is 0 Å². The molecule has 5 aromatic carbocycles. The number of nitrogens with zero attached hydrogens (tertiary/aromatic N) is 7. The fourth-order valence-electron chi connectivity index (χ4n) is 10.1. The lowest BCUT2D eigenvalue weighted by Gasteiger charge is -2.34. The molecule has 4 amide bonds. The second-order valence-corrected chi connectivity index (χ2v) is 18.2. The van der Waals surface area contributed by atoms with E-state index in [1.807, 2.05) is 30.3 Å². The minimum absolute atomic E-state index is 0.0582. The van der Waals surface area contributed by atoms with Gasteiger partial charge in [0.15, 0.2) is 0 Å². The van der Waals surface area contributed by atoms with Gasteiger partial charge in [-0.15, -0.1) is 0 Å². The van der Waals surface area contributed by atoms with Gasteiger partial charge in [0.2, 0.25) is 11.8 Å². The van der Waals surface area contributed by atoms with Crippen molar-refractivity contribution in [2.75, 3.05) is 23.3 Å². The number of carbonyl (C=O) groups is 4. The average molecular weight is 983 g/mol. The monoisotopic (exact) mass is 982 g/mol. The minimum Gasteiger partial charge on any atom is -0.370 e. The predicted octanol–water partition coefficient (Wildman–Crippen LogP) is 6.96. The van der Waals surface area contributed by atoms with Crippen molar-refractivity contribution >= 4 is 56.9 Å². The van der Waals surface area contributed by atoms with E-state index < -0.39 is 46.9 Å². The number of fused-ring (bicyclic) bond motifs is 2. The van der Waals surface area contributed by atoms with Gasteiger partial charge < -0.3 is 20.5 Å². The third kappa shape index (κ3) is 8.61. The predicted molar refractivity (Wildman–Crippen MR) is 261 cm³/mol. The SMILES string of the molecule is Cn1ncn(-c2ccc(-c3cc4cc(C(F)(F)F)cc(C(=O)Nc5ccc(F)c(C(N)=O)c5)c4n3CCc3ccc(C4CCN(c5cccc6c5n(C)c(=O)n6C5CCC(=O)NC5=O)CC4)cc3)cc2)c1=O. The van der Waals surface area contributed by atoms with E-state index in [1.165, 1.54) is 33.3 Å². The molecule has 2 aliphatic heterocycles. The molecule has 2 saturated heterocycles. The Labute approximate surface area is 406 Å². The number of imide groups is 1. The Kier molecular flexibility index (Phi) is 12.0. The first kappa shape index (κ1) is 47.1. The minimum atomic E-state index is -4.84. The molecule has 368 valence electrons. The van der Waals surface area contributed by atoms with E-state index in [-0.39, 0.29) is 64.7 Å². The van der Waals surface area contributed by atoms with E-state index in [0.717, 1.165) is 53.9 Å². The number of amides is 4. The van der Waals surface area contributed by atoms with E-state index in [4.69, 9.17) is 5.73 Å². The summed E-state index contributed by atoms with van der Waals surface area (Å²) in [6, 6.07) is 26.3. The number of primary amides is 1. The number of alkyl halides is 3. The first-order valence-corrected chi connectivity index (χ1v) is 23.2. The quantitative estimate of drug-likeness (QED) is 0.0915. The van der Waals surface area contributed by atoms with Gasteiger partial charge in [-0.05, 0) is 109 Å². The molecule has 3 aromatic heterocycles. The number of benzene rings is 5. The molecule has 8 aromatic rings. The number of hydrogen-bond donors (Lipinski definition) is 3. The van der Waals surface area contributed by atoms with Crippen LogP contribution < -0.4 is 32.6 Å². The van der Waals surface area contributed by atoms with Crippen LogP contribution in [0.25, 0.3) is 38.9 Å². The summed E-state index contributed by atoms with van der Waals surface area (Å²) in [6.07, 6.45) is -1.04. The Hall–Kier alpha value is -8.55. The molecule has 72 heavy (non-hydrogen) atoms. The maximum Gasteiger partial charge on any atom is 0.416 e. The molecule has 0 bridgehead atoms. The Morgan fingerprint density at radius 2 is 1.57 bits per heavy atom. The second kappa shape index (κ2) is 18.3. The molecule has 1 atom stereocenters. The van der Waals surface area contributed by atoms with Crippen LogP contribution in [0.5, 0.6) is 0 Å². The zero-order valence-electron chi connectivity index (χ0n) is 38.9. The van der Waals surface area contributed by atoms with Crippen LogP contribution in [0.4, 0.5) is 28.9 Å². The van der Waals surface area contributed by atoms with E-state index in [9.17, 15) is 46.3 Å². The Morgan fingerprint density at radius 1 is 0.833 bits per heavy atom. The first-order valence-electron chi connectivity index (χ1n) is 23.2. The summed E-state index contributed by atoms with van der Waals surface area (Å²) >= 11 is 0. The van der Waals surface area contributed by atoms with E-state index in [1.54, 1.807) is 46.5 Å². The number of nitrogens with one attached hydrogen (secondary N) is 2. The highest BCUT2D eigenvalue weighted by atomic mass is 19.4. The van der Waals surface area contributed by atoms with Crippen LogP contribution in [-0.2, 0) is 42.8 Å². The molecule has 5 heterocycles. The van der Waals surface area contributed by atoms with Gasteiger partial charge in [0.25, 0.3) is 11.8 Å². The number of imidazole rings is 1. The molecule has 1 unspecified atom stereocenters. The fourth-order valence-corrected chi connectivity index (χ4v) is 10.1. The number of para-hydroxylation sites is 1. The van der Waals surface area contributed by atoms with Crippen LogP contribution in [0.15, 0.2) is 119 Å². The van der Waals surface area contributed by atoms with Gasteiger partial charge >= 0.3 is 17.6 Å². The summed E-state index contributed by atoms with van der Waals surface area (Å²) in [7, 11) is 3.21. The number of carbonyl (C=O) groups excluding carboxylic acids is 4. The summed E-state index contributed by atoms with van der Waals surface area (Å²) in [5, 5.41) is 9.03. The number of piperidine rings is 2. The fraction of sp³-hybridized carbons (Fsp3) is 0.250. The topological polar surface area (TPSA) is 193 Å². The molecule has 10 rings (SSSR count). The van der Waals surface area contributed by atoms with Gasteiger partial charge in [-0.1, -0.05) is 42.5 Å². The highest BCUT2D eigenvalue weighted by Crippen LogP contribution is 2.39. The van der Waals surface area contributed by atoms with Crippen molar-refractivity contribution in [3.8, 4) is 16.9 Å². The van der Waals surface area contributed by atoms with Crippen molar-refractivity contribution in [3.05, 3.63) is 164 Å². The summed E-state index contributed by atoms with van der Waals surface area (Å²) in [5.74, 6) is -3.59. The lowest BCUT2D eigenvalue weighted by Crippen LogP contribution is -2.44. The lowest BCUT2D eigenvalue weighted by molar-refractivity contribution is -0.138. The summed E-state index contributed by atoms with van der Waals surface area (Å²) < 4.78 is 65.4. The molecular weight excluding hydrogens is 937 g/mol. The van der Waals surface area contributed by atoms with Crippen LogP contribution in [0, 0.1) is 5.82 Å². The van der Waals surface area contributed by atoms with Gasteiger partial charge in [0.1, 0.15) is 18.2 Å². The van der Waals surface area contributed by atoms with Crippen molar-refractivity contribution in [1.82, 2.24) is 33.4 Å². The largest absolute Gasteiger partial charge is 0.416 e. The zero-order chi connectivity index (χ0) is 50.7. The highest BCUT2D eigenvalue weighted by molar-refractivity contribution is 6.13. The molecule has 2 aliphatic rings. The lowest BCUT2D eigenvalue weighted by atomic mass is 9.88. The van der Waals surface area contributed by atoms with Crippen molar-refractivity contribution in [3.63, 3.8) is 0 Å². The summed E-state index contributed by atoms with van der Waals surface area (Å²) in [4.78, 5) is 79.2. The average Bonchev–Trinajstić information content (AvgIpc) is 3.99. The molecule has 20 heteroatoms. The number of halogens is 4. The van der Waals surface area contributed by atoms with Crippen molar-refractivity contribution in [2.45, 2.75) is 56.8 Å². The van der Waals surface area contributed by atoms with Gasteiger partial charge in [-0.25, -0.2) is 23.2 Å². The second-order valence-electron chi connectivity index (χ2n) is 18.2. The number of hydrogen-bond acceptors (Lipinski definition) is 8. The van der Waals surface area contributed by atoms with Crippen molar-refractivity contribution in [2.24, 2.45) is 19.8 Å². The molecule has 4 N–H and O–H groups in total. The van der Waals surface area contributed by atoms with Crippen LogP contribution in [0.2, 0.25) is 0 Å². The van der Waals surface area contributed by atoms with Crippen LogP contribution in [-0.4, -0.2) is 64.8 Å². The number of nitrogens with two attached hydrogens (primary N) is 1. The number of rotatable bonds is 11. The standard InChI is InChI=1S/C52H46F4N10O6/c1-61-46-40(4-3-5-41(46)66(50(61)71)42-16-17-44(67)60-49(42)70)63-21-19-31(20-22-63)30-8-6-29(7-9-30)18-23-64-43(32-10-13-36(14-11-32)65-28-58-62(2)51(65)72)25-33-24-34(52(54,55)56)26-38(45(33)64)48(69)59-35-12-15-39(53)37(27-35)47(57)68/h3-15,24-28,31,42H,16-23H2,1-2H3,(H2,57,68)(H,59,69)(H,60,67,70). The van der Waals surface area contributed by atoms with E-state index in [2.05, 4.69) is 32.8 Å². The smallest absolute Gasteiger partial charge is 0.370 e. The number of aromatic nitrogens is 6. The van der Waals surface area contributed by atoms with Gasteiger partial charge in [0.05, 0.1) is 44.6 Å². The van der Waals surface area contributed by atoms with Gasteiger partial charge in [0, 0.05) is 56.9 Å². The highest BCUT2D eigenvalue weighted by Gasteiger charge is 2.35. The first-order chi connectivity index (χ1) is 34.4. The maximum atomic E-state index is 14.5. The Balaban J connectivity index is 0.931. The van der Waals surface area contributed by atoms with Crippen LogP contribution in [0.1, 0.15) is 75.0 Å². The van der Waals surface area contributed by atoms with Gasteiger partial charge in [-0.3, -0.25) is 33.6 Å². The van der Waals surface area contributed by atoms with E-state index >= 15 is 0 Å². The molecule has 2 fully saturated rings. The number of aryl methyl sites for hydroxylation is 4. The molecule has 0 spiro atoms. The third-order valence-corrected chi connectivity index (χ3v) is 13.8. The van der Waals surface area contributed by atoms with Crippen molar-refractivity contribution < 1.29 is 36.7 Å². The van der Waals surface area contributed by atoms with Gasteiger partial charge in [-0.2, -0.15) is 18.3 Å². The zero-order valence-corrected chi connectivity index (χ0v) is 38.9. The third-order valence-electron chi connectivity index (χ3n) is 13.8. The Morgan fingerprint density at radius 3 is 2.24 bits per heavy atom. The number of anilines is 2.